The predicted octanol–water partition coefficient (Wildman–Crippen LogP) is 1.50. The molecule has 1 saturated heterocycles. The molecule has 1 fully saturated rings. The zero-order valence-electron chi connectivity index (χ0n) is 10.6. The minimum absolute atomic E-state index is 0.416. The molecule has 5 nitrogen and oxygen atoms in total. The van der Waals surface area contributed by atoms with Gasteiger partial charge >= 0.3 is 0 Å². The first-order valence-electron chi connectivity index (χ1n) is 6.43. The Kier molecular flexibility index (Phi) is 4.50. The van der Waals surface area contributed by atoms with E-state index in [0.29, 0.717) is 18.6 Å². The molecule has 2 atom stereocenters. The van der Waals surface area contributed by atoms with E-state index in [2.05, 4.69) is 22.4 Å². The van der Waals surface area contributed by atoms with Gasteiger partial charge in [0.05, 0.1) is 6.61 Å². The zero-order chi connectivity index (χ0) is 12.1. The third-order valence-electron chi connectivity index (χ3n) is 3.13. The van der Waals surface area contributed by atoms with Crippen molar-refractivity contribution in [3.05, 3.63) is 11.7 Å². The monoisotopic (exact) mass is 239 g/mol. The first-order chi connectivity index (χ1) is 8.29. The second kappa shape index (κ2) is 6.12. The average Bonchev–Trinajstić information content (AvgIpc) is 2.78. The number of hydrogen-bond acceptors (Lipinski definition) is 5. The Morgan fingerprint density at radius 1 is 1.53 bits per heavy atom. The molecule has 0 amide bonds. The summed E-state index contributed by atoms with van der Waals surface area (Å²) in [4.78, 5) is 4.45. The van der Waals surface area contributed by atoms with Crippen LogP contribution in [0.5, 0.6) is 0 Å². The van der Waals surface area contributed by atoms with Crippen LogP contribution in [0.15, 0.2) is 4.52 Å². The lowest BCUT2D eigenvalue weighted by Gasteiger charge is -2.25. The van der Waals surface area contributed by atoms with Crippen LogP contribution in [-0.4, -0.2) is 35.9 Å². The van der Waals surface area contributed by atoms with Crippen molar-refractivity contribution in [1.82, 2.24) is 15.5 Å². The molecule has 96 valence electrons. The third kappa shape index (κ3) is 3.51. The van der Waals surface area contributed by atoms with Crippen LogP contribution in [0.25, 0.3) is 0 Å². The normalized spacial score (nSPS) is 25.1. The third-order valence-corrected chi connectivity index (χ3v) is 3.13. The molecule has 0 radical (unpaired) electrons. The maximum atomic E-state index is 5.34. The van der Waals surface area contributed by atoms with E-state index >= 15 is 0 Å². The van der Waals surface area contributed by atoms with Gasteiger partial charge in [-0.2, -0.15) is 4.98 Å². The van der Waals surface area contributed by atoms with E-state index in [-0.39, 0.29) is 0 Å². The smallest absolute Gasteiger partial charge is 0.229 e. The first kappa shape index (κ1) is 12.5. The van der Waals surface area contributed by atoms with E-state index in [0.717, 1.165) is 44.1 Å². The molecule has 1 aliphatic heterocycles. The lowest BCUT2D eigenvalue weighted by molar-refractivity contribution is 0.149. The molecule has 1 N–H and O–H groups in total. The maximum Gasteiger partial charge on any atom is 0.229 e. The van der Waals surface area contributed by atoms with Gasteiger partial charge in [-0.15, -0.1) is 0 Å². The van der Waals surface area contributed by atoms with Crippen molar-refractivity contribution < 1.29 is 9.26 Å². The summed E-state index contributed by atoms with van der Waals surface area (Å²) in [5, 5.41) is 7.42. The minimum Gasteiger partial charge on any atom is -0.381 e. The Morgan fingerprint density at radius 3 is 3.18 bits per heavy atom. The number of nitrogens with one attached hydrogen (secondary N) is 1. The van der Waals surface area contributed by atoms with Crippen molar-refractivity contribution in [2.24, 2.45) is 0 Å². The highest BCUT2D eigenvalue weighted by Gasteiger charge is 2.24. The SMILES string of the molecule is CCOCCc1noc(C2CCNC(C)C2)n1. The summed E-state index contributed by atoms with van der Waals surface area (Å²) >= 11 is 0. The van der Waals surface area contributed by atoms with Crippen LogP contribution in [-0.2, 0) is 11.2 Å². The molecule has 2 heterocycles. The van der Waals surface area contributed by atoms with Crippen LogP contribution >= 0.6 is 0 Å². The highest BCUT2D eigenvalue weighted by atomic mass is 16.5. The second-order valence-corrected chi connectivity index (χ2v) is 4.57. The molecule has 1 aliphatic rings. The summed E-state index contributed by atoms with van der Waals surface area (Å²) in [5.74, 6) is 1.98. The number of aromatic nitrogens is 2. The predicted molar refractivity (Wildman–Crippen MR) is 63.9 cm³/mol. The van der Waals surface area contributed by atoms with Crippen LogP contribution in [0.2, 0.25) is 0 Å². The van der Waals surface area contributed by atoms with Gasteiger partial charge < -0.3 is 14.6 Å². The number of piperidine rings is 1. The fourth-order valence-electron chi connectivity index (χ4n) is 2.20. The highest BCUT2D eigenvalue weighted by molar-refractivity contribution is 4.97. The zero-order valence-corrected chi connectivity index (χ0v) is 10.6. The average molecular weight is 239 g/mol. The standard InChI is InChI=1S/C12H21N3O2/c1-3-16-7-5-11-14-12(17-15-11)10-4-6-13-9(2)8-10/h9-10,13H,3-8H2,1-2H3. The molecular formula is C12H21N3O2. The molecule has 0 aliphatic carbocycles. The van der Waals surface area contributed by atoms with Gasteiger partial charge in [-0.05, 0) is 33.2 Å². The van der Waals surface area contributed by atoms with Gasteiger partial charge in [-0.3, -0.25) is 0 Å². The second-order valence-electron chi connectivity index (χ2n) is 4.57. The van der Waals surface area contributed by atoms with Crippen molar-refractivity contribution in [2.45, 2.75) is 45.1 Å². The molecule has 0 bridgehead atoms. The number of ether oxygens (including phenoxy) is 1. The molecule has 2 rings (SSSR count). The van der Waals surface area contributed by atoms with E-state index in [4.69, 9.17) is 9.26 Å². The van der Waals surface area contributed by atoms with Gasteiger partial charge in [0, 0.05) is 25.0 Å². The van der Waals surface area contributed by atoms with Crippen LogP contribution in [0.4, 0.5) is 0 Å². The quantitative estimate of drug-likeness (QED) is 0.789. The van der Waals surface area contributed by atoms with Crippen molar-refractivity contribution >= 4 is 0 Å². The van der Waals surface area contributed by atoms with Crippen molar-refractivity contribution in [1.29, 1.82) is 0 Å². The Balaban J connectivity index is 1.88. The summed E-state index contributed by atoms with van der Waals surface area (Å²) in [5.41, 5.74) is 0. The number of nitrogens with zero attached hydrogens (tertiary/aromatic N) is 2. The fraction of sp³-hybridized carbons (Fsp3) is 0.833. The van der Waals surface area contributed by atoms with E-state index in [9.17, 15) is 0 Å². The summed E-state index contributed by atoms with van der Waals surface area (Å²) in [7, 11) is 0. The van der Waals surface area contributed by atoms with Gasteiger partial charge in [-0.1, -0.05) is 5.16 Å². The molecule has 5 heteroatoms. The number of rotatable bonds is 5. The van der Waals surface area contributed by atoms with Gasteiger partial charge in [-0.25, -0.2) is 0 Å². The molecule has 17 heavy (non-hydrogen) atoms. The highest BCUT2D eigenvalue weighted by Crippen LogP contribution is 2.26. The number of hydrogen-bond donors (Lipinski definition) is 1. The largest absolute Gasteiger partial charge is 0.381 e. The van der Waals surface area contributed by atoms with E-state index in [1.54, 1.807) is 0 Å². The fourth-order valence-corrected chi connectivity index (χ4v) is 2.20. The molecule has 0 aromatic carbocycles. The molecule has 2 unspecified atom stereocenters. The Labute approximate surface area is 102 Å². The van der Waals surface area contributed by atoms with Crippen molar-refractivity contribution in [2.75, 3.05) is 19.8 Å². The lowest BCUT2D eigenvalue weighted by Crippen LogP contribution is -2.34. The maximum absolute atomic E-state index is 5.34. The van der Waals surface area contributed by atoms with E-state index < -0.39 is 0 Å². The minimum atomic E-state index is 0.416. The van der Waals surface area contributed by atoms with E-state index in [1.807, 2.05) is 6.92 Å². The first-order valence-corrected chi connectivity index (χ1v) is 6.43. The van der Waals surface area contributed by atoms with Crippen molar-refractivity contribution in [3.8, 4) is 0 Å². The Morgan fingerprint density at radius 2 is 2.41 bits per heavy atom. The molecule has 0 saturated carbocycles. The van der Waals surface area contributed by atoms with Gasteiger partial charge in [0.2, 0.25) is 5.89 Å². The van der Waals surface area contributed by atoms with Gasteiger partial charge in [0.15, 0.2) is 5.82 Å². The van der Waals surface area contributed by atoms with Gasteiger partial charge in [0.25, 0.3) is 0 Å². The van der Waals surface area contributed by atoms with Crippen molar-refractivity contribution in [3.63, 3.8) is 0 Å². The Bertz CT molecular complexity index is 340. The lowest BCUT2D eigenvalue weighted by atomic mass is 9.93. The van der Waals surface area contributed by atoms with E-state index in [1.165, 1.54) is 0 Å². The molecular weight excluding hydrogens is 218 g/mol. The Hall–Kier alpha value is -0.940. The van der Waals surface area contributed by atoms with Crippen LogP contribution in [0.1, 0.15) is 44.3 Å². The summed E-state index contributed by atoms with van der Waals surface area (Å²) in [6, 6.07) is 0.535. The summed E-state index contributed by atoms with van der Waals surface area (Å²) in [6.07, 6.45) is 2.89. The topological polar surface area (TPSA) is 60.2 Å². The molecule has 0 spiro atoms. The van der Waals surface area contributed by atoms with Crippen LogP contribution in [0, 0.1) is 0 Å². The van der Waals surface area contributed by atoms with Crippen LogP contribution < -0.4 is 5.32 Å². The molecule has 1 aromatic heterocycles. The van der Waals surface area contributed by atoms with Gasteiger partial charge in [0.1, 0.15) is 0 Å². The molecule has 1 aromatic rings. The summed E-state index contributed by atoms with van der Waals surface area (Å²) in [6.45, 7) is 6.60. The summed E-state index contributed by atoms with van der Waals surface area (Å²) < 4.78 is 10.6. The van der Waals surface area contributed by atoms with Crippen LogP contribution in [0.3, 0.4) is 0 Å².